The van der Waals surface area contributed by atoms with Crippen LogP contribution in [0.4, 0.5) is 0 Å². The second kappa shape index (κ2) is 7.09. The van der Waals surface area contributed by atoms with E-state index in [4.69, 9.17) is 0 Å². The van der Waals surface area contributed by atoms with Gasteiger partial charge in [-0.3, -0.25) is 14.4 Å². The Morgan fingerprint density at radius 3 is 2.46 bits per heavy atom. The van der Waals surface area contributed by atoms with Crippen LogP contribution in [-0.2, 0) is 14.4 Å². The maximum absolute atomic E-state index is 13.3. The summed E-state index contributed by atoms with van der Waals surface area (Å²) >= 11 is 0. The Labute approximate surface area is 154 Å². The molecule has 0 spiro atoms. The summed E-state index contributed by atoms with van der Waals surface area (Å²) in [5.74, 6) is -0.602. The Morgan fingerprint density at radius 1 is 1.12 bits per heavy atom. The van der Waals surface area contributed by atoms with Crippen LogP contribution in [0.5, 0.6) is 0 Å². The van der Waals surface area contributed by atoms with E-state index in [2.05, 4.69) is 29.6 Å². The zero-order valence-corrected chi connectivity index (χ0v) is 15.7. The summed E-state index contributed by atoms with van der Waals surface area (Å²) in [6.07, 6.45) is 1.84. The quantitative estimate of drug-likeness (QED) is 0.836. The van der Waals surface area contributed by atoms with Crippen molar-refractivity contribution < 1.29 is 14.4 Å². The molecule has 1 aromatic carbocycles. The highest BCUT2D eigenvalue weighted by Gasteiger charge is 2.45. The van der Waals surface area contributed by atoms with E-state index >= 15 is 0 Å². The van der Waals surface area contributed by atoms with E-state index in [9.17, 15) is 14.4 Å². The standard InChI is InChI=1S/C20H27N3O3/c1-14-6-8-15(9-7-14)16-5-4-11-23(16)19(26)20(2,3)18(25)22-12-10-21-17(24)13-22/h6-9,16H,4-5,10-13H2,1-3H3,(H,21,24). The van der Waals surface area contributed by atoms with Gasteiger partial charge >= 0.3 is 0 Å². The van der Waals surface area contributed by atoms with Gasteiger partial charge in [-0.05, 0) is 39.2 Å². The summed E-state index contributed by atoms with van der Waals surface area (Å²) in [5.41, 5.74) is 1.12. The van der Waals surface area contributed by atoms with E-state index in [1.165, 1.54) is 10.5 Å². The topological polar surface area (TPSA) is 69.7 Å². The average Bonchev–Trinajstić information content (AvgIpc) is 3.10. The molecule has 0 aromatic heterocycles. The molecule has 0 radical (unpaired) electrons. The van der Waals surface area contributed by atoms with E-state index in [0.717, 1.165) is 18.4 Å². The monoisotopic (exact) mass is 357 g/mol. The zero-order chi connectivity index (χ0) is 18.9. The van der Waals surface area contributed by atoms with Crippen LogP contribution in [0.2, 0.25) is 0 Å². The van der Waals surface area contributed by atoms with Gasteiger partial charge in [0.1, 0.15) is 5.41 Å². The molecule has 2 aliphatic heterocycles. The molecule has 3 rings (SSSR count). The molecular weight excluding hydrogens is 330 g/mol. The molecule has 6 nitrogen and oxygen atoms in total. The number of piperazine rings is 1. The highest BCUT2D eigenvalue weighted by molar-refractivity contribution is 6.05. The zero-order valence-electron chi connectivity index (χ0n) is 15.7. The molecule has 140 valence electrons. The third-order valence-electron chi connectivity index (χ3n) is 5.37. The number of hydrogen-bond acceptors (Lipinski definition) is 3. The van der Waals surface area contributed by atoms with Crippen molar-refractivity contribution in [3.05, 3.63) is 35.4 Å². The number of rotatable bonds is 3. The van der Waals surface area contributed by atoms with Crippen molar-refractivity contribution in [1.29, 1.82) is 0 Å². The van der Waals surface area contributed by atoms with Crippen molar-refractivity contribution in [1.82, 2.24) is 15.1 Å². The Morgan fingerprint density at radius 2 is 1.81 bits per heavy atom. The number of carbonyl (C=O) groups excluding carboxylic acids is 3. The minimum Gasteiger partial charge on any atom is -0.353 e. The maximum Gasteiger partial charge on any atom is 0.239 e. The minimum absolute atomic E-state index is 0.0137. The van der Waals surface area contributed by atoms with E-state index in [1.54, 1.807) is 13.8 Å². The van der Waals surface area contributed by atoms with Gasteiger partial charge in [0.25, 0.3) is 0 Å². The Kier molecular flexibility index (Phi) is 5.03. The number of benzene rings is 1. The van der Waals surface area contributed by atoms with Gasteiger partial charge in [-0.25, -0.2) is 0 Å². The summed E-state index contributed by atoms with van der Waals surface area (Å²) in [5, 5.41) is 2.71. The second-order valence-corrected chi connectivity index (χ2v) is 7.77. The van der Waals surface area contributed by atoms with Crippen LogP contribution in [0, 0.1) is 12.3 Å². The fourth-order valence-corrected chi connectivity index (χ4v) is 3.80. The molecule has 3 amide bonds. The van der Waals surface area contributed by atoms with Crippen LogP contribution in [0.25, 0.3) is 0 Å². The number of amides is 3. The summed E-state index contributed by atoms with van der Waals surface area (Å²) in [6, 6.07) is 8.25. The largest absolute Gasteiger partial charge is 0.353 e. The molecule has 0 bridgehead atoms. The second-order valence-electron chi connectivity index (χ2n) is 7.77. The number of aryl methyl sites for hydroxylation is 1. The third kappa shape index (κ3) is 3.45. The lowest BCUT2D eigenvalue weighted by atomic mass is 9.88. The molecule has 0 saturated carbocycles. The highest BCUT2D eigenvalue weighted by atomic mass is 16.2. The van der Waals surface area contributed by atoms with Gasteiger partial charge in [-0.15, -0.1) is 0 Å². The fraction of sp³-hybridized carbons (Fsp3) is 0.550. The smallest absolute Gasteiger partial charge is 0.239 e. The Bertz CT molecular complexity index is 712. The predicted octanol–water partition coefficient (Wildman–Crippen LogP) is 1.64. The molecular formula is C20H27N3O3. The van der Waals surface area contributed by atoms with Crippen LogP contribution < -0.4 is 5.32 Å². The Balaban J connectivity index is 1.78. The lowest BCUT2D eigenvalue weighted by molar-refractivity contribution is -0.156. The molecule has 2 heterocycles. The lowest BCUT2D eigenvalue weighted by Gasteiger charge is -2.37. The fourth-order valence-electron chi connectivity index (χ4n) is 3.80. The van der Waals surface area contributed by atoms with Crippen molar-refractivity contribution in [2.75, 3.05) is 26.2 Å². The van der Waals surface area contributed by atoms with E-state index in [0.29, 0.717) is 19.6 Å². The minimum atomic E-state index is -1.18. The number of hydrogen-bond donors (Lipinski definition) is 1. The van der Waals surface area contributed by atoms with Crippen LogP contribution in [0.3, 0.4) is 0 Å². The number of likely N-dealkylation sites (tertiary alicyclic amines) is 1. The van der Waals surface area contributed by atoms with Crippen molar-refractivity contribution in [3.8, 4) is 0 Å². The van der Waals surface area contributed by atoms with Crippen molar-refractivity contribution in [3.63, 3.8) is 0 Å². The molecule has 26 heavy (non-hydrogen) atoms. The van der Waals surface area contributed by atoms with Crippen LogP contribution in [0.1, 0.15) is 43.9 Å². The molecule has 2 aliphatic rings. The van der Waals surface area contributed by atoms with Crippen molar-refractivity contribution in [2.45, 2.75) is 39.7 Å². The molecule has 0 aliphatic carbocycles. The van der Waals surface area contributed by atoms with Gasteiger partial charge in [-0.1, -0.05) is 29.8 Å². The normalized spacial score (nSPS) is 20.9. The third-order valence-corrected chi connectivity index (χ3v) is 5.37. The lowest BCUT2D eigenvalue weighted by Crippen LogP contribution is -2.56. The summed E-state index contributed by atoms with van der Waals surface area (Å²) < 4.78 is 0. The van der Waals surface area contributed by atoms with Gasteiger partial charge in [0.15, 0.2) is 0 Å². The first-order chi connectivity index (χ1) is 12.3. The van der Waals surface area contributed by atoms with Crippen LogP contribution >= 0.6 is 0 Å². The van der Waals surface area contributed by atoms with Gasteiger partial charge < -0.3 is 15.1 Å². The highest BCUT2D eigenvalue weighted by Crippen LogP contribution is 2.36. The van der Waals surface area contributed by atoms with Gasteiger partial charge in [0.05, 0.1) is 12.6 Å². The van der Waals surface area contributed by atoms with E-state index < -0.39 is 5.41 Å². The Hall–Kier alpha value is -2.37. The predicted molar refractivity (Wildman–Crippen MR) is 98.2 cm³/mol. The first-order valence-corrected chi connectivity index (χ1v) is 9.24. The average molecular weight is 357 g/mol. The summed E-state index contributed by atoms with van der Waals surface area (Å²) in [6.45, 7) is 6.96. The first-order valence-electron chi connectivity index (χ1n) is 9.24. The SMILES string of the molecule is Cc1ccc(C2CCCN2C(=O)C(C)(C)C(=O)N2CCNC(=O)C2)cc1. The molecule has 1 aromatic rings. The van der Waals surface area contributed by atoms with Gasteiger partial charge in [-0.2, -0.15) is 0 Å². The molecule has 1 N–H and O–H groups in total. The van der Waals surface area contributed by atoms with Crippen molar-refractivity contribution in [2.24, 2.45) is 5.41 Å². The van der Waals surface area contributed by atoms with E-state index in [1.807, 2.05) is 11.8 Å². The van der Waals surface area contributed by atoms with Crippen molar-refractivity contribution >= 4 is 17.7 Å². The number of nitrogens with one attached hydrogen (secondary N) is 1. The molecule has 1 atom stereocenters. The number of carbonyl (C=O) groups is 3. The summed E-state index contributed by atoms with van der Waals surface area (Å²) in [4.78, 5) is 41.1. The molecule has 2 fully saturated rings. The van der Waals surface area contributed by atoms with Gasteiger partial charge in [0, 0.05) is 19.6 Å². The summed E-state index contributed by atoms with van der Waals surface area (Å²) in [7, 11) is 0. The first kappa shape index (κ1) is 18.4. The van der Waals surface area contributed by atoms with E-state index in [-0.39, 0.29) is 30.3 Å². The number of nitrogens with zero attached hydrogens (tertiary/aromatic N) is 2. The molecule has 2 saturated heterocycles. The van der Waals surface area contributed by atoms with Crippen LogP contribution in [-0.4, -0.2) is 53.7 Å². The maximum atomic E-state index is 13.3. The van der Waals surface area contributed by atoms with Gasteiger partial charge in [0.2, 0.25) is 17.7 Å². The molecule has 6 heteroatoms. The molecule has 1 unspecified atom stereocenters. The van der Waals surface area contributed by atoms with Crippen LogP contribution in [0.15, 0.2) is 24.3 Å².